The van der Waals surface area contributed by atoms with E-state index in [1.807, 2.05) is 6.07 Å². The van der Waals surface area contributed by atoms with Crippen LogP contribution < -0.4 is 10.6 Å². The summed E-state index contributed by atoms with van der Waals surface area (Å²) in [4.78, 5) is 27.2. The first kappa shape index (κ1) is 37.7. The van der Waals surface area contributed by atoms with Crippen LogP contribution in [-0.2, 0) is 12.5 Å². The largest absolute Gasteiger partial charge is 0.505 e. The lowest BCUT2D eigenvalue weighted by Crippen LogP contribution is -2.50. The Labute approximate surface area is 273 Å². The number of benzene rings is 1. The Hall–Kier alpha value is -5.76. The lowest BCUT2D eigenvalue weighted by Gasteiger charge is -2.25. The van der Waals surface area contributed by atoms with Crippen LogP contribution in [0.5, 0.6) is 0 Å². The van der Waals surface area contributed by atoms with Crippen LogP contribution >= 0.6 is 0 Å². The second kappa shape index (κ2) is 13.8. The fraction of sp³-hybridized carbons (Fsp3) is 0.333. The number of amides is 2. The lowest BCUT2D eigenvalue weighted by atomic mass is 10.0. The molecule has 0 aliphatic rings. The molecule has 12 nitrogen and oxygen atoms in total. The minimum atomic E-state index is -6.64. The second-order valence-electron chi connectivity index (χ2n) is 11.3. The van der Waals surface area contributed by atoms with Gasteiger partial charge in [0.25, 0.3) is 17.6 Å². The number of aliphatic hydroxyl groups excluding tert-OH is 1. The fourth-order valence-electron chi connectivity index (χ4n) is 4.06. The van der Waals surface area contributed by atoms with Crippen molar-refractivity contribution in [1.29, 1.82) is 5.26 Å². The third-order valence-corrected chi connectivity index (χ3v) is 6.28. The van der Waals surface area contributed by atoms with Crippen LogP contribution in [0.2, 0.25) is 0 Å². The van der Waals surface area contributed by atoms with Gasteiger partial charge in [-0.15, -0.1) is 10.2 Å². The van der Waals surface area contributed by atoms with Gasteiger partial charge in [-0.3, -0.25) is 9.59 Å². The molecule has 0 aliphatic carbocycles. The van der Waals surface area contributed by atoms with Crippen molar-refractivity contribution in [3.8, 4) is 6.07 Å². The molecule has 0 fully saturated rings. The molecule has 49 heavy (non-hydrogen) atoms. The topological polar surface area (TPSA) is 164 Å². The molecule has 0 unspecified atom stereocenters. The predicted molar refractivity (Wildman–Crippen MR) is 159 cm³/mol. The minimum absolute atomic E-state index is 0.0201. The number of carbonyl (C=O) groups is 2. The van der Waals surface area contributed by atoms with E-state index in [0.29, 0.717) is 5.56 Å². The molecule has 2 amide bonds. The summed E-state index contributed by atoms with van der Waals surface area (Å²) in [6, 6.07) is 5.60. The van der Waals surface area contributed by atoms with Gasteiger partial charge >= 0.3 is 18.0 Å². The zero-order valence-corrected chi connectivity index (χ0v) is 26.4. The van der Waals surface area contributed by atoms with Crippen molar-refractivity contribution >= 4 is 23.2 Å². The van der Waals surface area contributed by atoms with E-state index in [9.17, 15) is 50.7 Å². The van der Waals surface area contributed by atoms with Crippen LogP contribution in [-0.4, -0.2) is 64.5 Å². The van der Waals surface area contributed by atoms with Gasteiger partial charge in [0, 0.05) is 5.54 Å². The Bertz CT molecular complexity index is 1920. The van der Waals surface area contributed by atoms with Crippen LogP contribution in [0.1, 0.15) is 71.2 Å². The maximum Gasteiger partial charge on any atom is 0.460 e. The van der Waals surface area contributed by atoms with Crippen molar-refractivity contribution < 1.29 is 45.4 Å². The minimum Gasteiger partial charge on any atom is -0.505 e. The van der Waals surface area contributed by atoms with Crippen LogP contribution in [0, 0.1) is 18.3 Å². The standard InChI is InChI=1S/C30H28F7N9O3/c1-7-9-10-22(47)20(8-2)46-21(25(49)39-23-16(3)11-17(14-38)12-19(23)24(48)40-27(4,5)6)13-18(42-46)15-45-43-26(41-44-45)28(31,32)29(33,34)30(35,36)37/h7,9-13,47H,2,15H2,1,3-6H3,(H,39,49)(H,40,48)/b9-7-,22-10+. The molecule has 0 saturated heterocycles. The van der Waals surface area contributed by atoms with Gasteiger partial charge in [-0.05, 0) is 69.7 Å². The van der Waals surface area contributed by atoms with Gasteiger partial charge < -0.3 is 15.7 Å². The first-order valence-corrected chi connectivity index (χ1v) is 13.9. The normalized spacial score (nSPS) is 12.8. The van der Waals surface area contributed by atoms with Crippen molar-refractivity contribution in [3.63, 3.8) is 0 Å². The third kappa shape index (κ3) is 8.04. The summed E-state index contributed by atoms with van der Waals surface area (Å²) in [5.41, 5.74) is 0.985. The maximum atomic E-state index is 14.1. The number of halogens is 7. The van der Waals surface area contributed by atoms with Gasteiger partial charge in [0.1, 0.15) is 23.7 Å². The number of rotatable bonds is 10. The van der Waals surface area contributed by atoms with Crippen molar-refractivity contribution in [3.05, 3.63) is 88.4 Å². The van der Waals surface area contributed by atoms with Gasteiger partial charge in [0.15, 0.2) is 0 Å². The van der Waals surface area contributed by atoms with E-state index in [2.05, 4.69) is 43.5 Å². The van der Waals surface area contributed by atoms with Gasteiger partial charge in [-0.25, -0.2) is 4.68 Å². The molecule has 3 rings (SSSR count). The highest BCUT2D eigenvalue weighted by Gasteiger charge is 2.75. The Morgan fingerprint density at radius 1 is 1.06 bits per heavy atom. The Kier molecular flexibility index (Phi) is 10.6. The van der Waals surface area contributed by atoms with Crippen molar-refractivity contribution in [2.24, 2.45) is 0 Å². The van der Waals surface area contributed by atoms with Gasteiger partial charge in [-0.2, -0.15) is 45.9 Å². The zero-order valence-electron chi connectivity index (χ0n) is 26.4. The summed E-state index contributed by atoms with van der Waals surface area (Å²) in [6.45, 7) is 10.9. The fourth-order valence-corrected chi connectivity index (χ4v) is 4.06. The van der Waals surface area contributed by atoms with E-state index >= 15 is 0 Å². The van der Waals surface area contributed by atoms with E-state index < -0.39 is 59.2 Å². The molecule has 0 radical (unpaired) electrons. The summed E-state index contributed by atoms with van der Waals surface area (Å²) < 4.78 is 94.1. The van der Waals surface area contributed by atoms with E-state index in [4.69, 9.17) is 0 Å². The lowest BCUT2D eigenvalue weighted by molar-refractivity contribution is -0.361. The number of nitrogens with zero attached hydrogens (tertiary/aromatic N) is 7. The third-order valence-electron chi connectivity index (χ3n) is 6.28. The number of hydrogen-bond donors (Lipinski definition) is 3. The molecule has 1 aromatic carbocycles. The molecule has 260 valence electrons. The molecule has 3 aromatic rings. The first-order chi connectivity index (χ1) is 22.6. The van der Waals surface area contributed by atoms with Crippen LogP contribution in [0.4, 0.5) is 36.4 Å². The molecule has 3 N–H and O–H groups in total. The maximum absolute atomic E-state index is 14.1. The summed E-state index contributed by atoms with van der Waals surface area (Å²) in [5.74, 6) is -16.8. The van der Waals surface area contributed by atoms with Gasteiger partial charge in [0.05, 0.1) is 28.6 Å². The smallest absolute Gasteiger partial charge is 0.460 e. The monoisotopic (exact) mass is 695 g/mol. The number of tetrazole rings is 1. The molecule has 2 aromatic heterocycles. The van der Waals surface area contributed by atoms with E-state index in [1.165, 1.54) is 31.2 Å². The first-order valence-electron chi connectivity index (χ1n) is 13.9. The summed E-state index contributed by atoms with van der Waals surface area (Å²) in [6.07, 6.45) is -2.50. The second-order valence-corrected chi connectivity index (χ2v) is 11.3. The number of allylic oxidation sites excluding steroid dienone is 4. The van der Waals surface area contributed by atoms with Crippen molar-refractivity contribution in [1.82, 2.24) is 35.3 Å². The molecule has 2 heterocycles. The number of aryl methyl sites for hydroxylation is 1. The number of aromatic nitrogens is 6. The van der Waals surface area contributed by atoms with Crippen molar-refractivity contribution in [2.75, 3.05) is 5.32 Å². The summed E-state index contributed by atoms with van der Waals surface area (Å²) >= 11 is 0. The highest BCUT2D eigenvalue weighted by atomic mass is 19.4. The molecule has 0 aliphatic heterocycles. The number of nitriles is 1. The average molecular weight is 696 g/mol. The highest BCUT2D eigenvalue weighted by Crippen LogP contribution is 2.50. The van der Waals surface area contributed by atoms with Crippen LogP contribution in [0.3, 0.4) is 0 Å². The quantitative estimate of drug-likeness (QED) is 0.104. The number of carbonyl (C=O) groups excluding carboxylic acids is 2. The van der Waals surface area contributed by atoms with Gasteiger partial charge in [0.2, 0.25) is 0 Å². The number of nitrogens with one attached hydrogen (secondary N) is 2. The highest BCUT2D eigenvalue weighted by molar-refractivity contribution is 6.09. The number of hydrogen-bond acceptors (Lipinski definition) is 8. The molecule has 0 atom stereocenters. The zero-order chi connectivity index (χ0) is 37.1. The molecule has 0 saturated carbocycles. The molecular weight excluding hydrogens is 667 g/mol. The number of anilines is 1. The van der Waals surface area contributed by atoms with Crippen LogP contribution in [0.25, 0.3) is 5.70 Å². The Balaban J connectivity index is 2.13. The van der Waals surface area contributed by atoms with Crippen LogP contribution in [0.15, 0.2) is 54.5 Å². The van der Waals surface area contributed by atoms with E-state index in [-0.39, 0.29) is 33.0 Å². The summed E-state index contributed by atoms with van der Waals surface area (Å²) in [7, 11) is 0. The molecular formula is C30H28F7N9O3. The predicted octanol–water partition coefficient (Wildman–Crippen LogP) is 5.81. The van der Waals surface area contributed by atoms with Crippen molar-refractivity contribution in [2.45, 2.75) is 64.7 Å². The number of aliphatic hydroxyl groups is 1. The van der Waals surface area contributed by atoms with E-state index in [0.717, 1.165) is 10.7 Å². The Morgan fingerprint density at radius 2 is 1.71 bits per heavy atom. The molecule has 19 heteroatoms. The molecule has 0 bridgehead atoms. The Morgan fingerprint density at radius 3 is 2.27 bits per heavy atom. The SMILES string of the molecule is C=C=C(/C(O)=C\C=C/C)n1nc(Cn2nnc(C(F)(F)C(F)(F)C(F)(F)F)n2)cc1C(=O)Nc1c(C)cc(C#N)cc1C(=O)NC(C)(C)C. The van der Waals surface area contributed by atoms with Gasteiger partial charge in [-0.1, -0.05) is 24.5 Å². The molecule has 0 spiro atoms. The number of alkyl halides is 7. The van der Waals surface area contributed by atoms with E-state index in [1.54, 1.807) is 33.8 Å². The average Bonchev–Trinajstić information content (AvgIpc) is 3.63. The summed E-state index contributed by atoms with van der Waals surface area (Å²) in [5, 5.41) is 38.3.